The highest BCUT2D eigenvalue weighted by Gasteiger charge is 2.21. The summed E-state index contributed by atoms with van der Waals surface area (Å²) in [6.07, 6.45) is 0. The Bertz CT molecular complexity index is 792. The fraction of sp³-hybridized carbons (Fsp3) is 0.391. The van der Waals surface area contributed by atoms with E-state index in [1.165, 1.54) is 11.3 Å². The van der Waals surface area contributed by atoms with Crippen molar-refractivity contribution in [2.45, 2.75) is 19.9 Å². The lowest BCUT2D eigenvalue weighted by atomic mass is 10.1. The van der Waals surface area contributed by atoms with Gasteiger partial charge in [-0.05, 0) is 31.5 Å². The van der Waals surface area contributed by atoms with Gasteiger partial charge in [0.25, 0.3) is 0 Å². The number of nitrogens with one attached hydrogen (secondary N) is 2. The van der Waals surface area contributed by atoms with Crippen molar-refractivity contribution in [2.24, 2.45) is 4.99 Å². The third-order valence-corrected chi connectivity index (χ3v) is 5.12. The number of nitrogens with zero attached hydrogens (tertiary/aromatic N) is 3. The van der Waals surface area contributed by atoms with Crippen LogP contribution >= 0.6 is 24.0 Å². The lowest BCUT2D eigenvalue weighted by Crippen LogP contribution is -2.49. The van der Waals surface area contributed by atoms with Crippen LogP contribution in [0.25, 0.3) is 0 Å². The zero-order valence-electron chi connectivity index (χ0n) is 17.8. The van der Waals surface area contributed by atoms with E-state index in [4.69, 9.17) is 0 Å². The first-order chi connectivity index (χ1) is 14.2. The second-order valence-corrected chi connectivity index (χ2v) is 7.18. The second kappa shape index (κ2) is 12.4. The van der Waals surface area contributed by atoms with Crippen molar-refractivity contribution in [2.75, 3.05) is 44.2 Å². The molecular formula is C23H32IN5O. The molecule has 0 saturated carbocycles. The topological polar surface area (TPSA) is 60.0 Å². The Morgan fingerprint density at radius 1 is 1.00 bits per heavy atom. The molecule has 1 heterocycles. The highest BCUT2D eigenvalue weighted by atomic mass is 127. The van der Waals surface area contributed by atoms with E-state index >= 15 is 0 Å². The molecule has 2 aromatic rings. The molecule has 2 aromatic carbocycles. The number of amides is 1. The maximum absolute atomic E-state index is 12.7. The highest BCUT2D eigenvalue weighted by molar-refractivity contribution is 14.0. The number of carbonyl (C=O) groups excluding carboxylic acids is 1. The molecule has 1 fully saturated rings. The molecule has 1 saturated heterocycles. The number of anilines is 1. The molecule has 1 aliphatic rings. The van der Waals surface area contributed by atoms with Crippen molar-refractivity contribution in [3.8, 4) is 0 Å². The van der Waals surface area contributed by atoms with E-state index in [2.05, 4.69) is 51.7 Å². The predicted octanol–water partition coefficient (Wildman–Crippen LogP) is 3.27. The molecule has 0 aromatic heterocycles. The first-order valence-corrected chi connectivity index (χ1v) is 10.3. The van der Waals surface area contributed by atoms with Crippen LogP contribution in [0.3, 0.4) is 0 Å². The van der Waals surface area contributed by atoms with Gasteiger partial charge in [-0.2, -0.15) is 0 Å². The number of piperazine rings is 1. The van der Waals surface area contributed by atoms with E-state index in [-0.39, 0.29) is 42.5 Å². The maximum atomic E-state index is 12.7. The molecule has 1 amide bonds. The predicted molar refractivity (Wildman–Crippen MR) is 135 cm³/mol. The van der Waals surface area contributed by atoms with E-state index in [0.29, 0.717) is 5.96 Å². The molecule has 0 bridgehead atoms. The fourth-order valence-corrected chi connectivity index (χ4v) is 3.45. The SMILES string of the molecule is CCNC(=NCC(=O)N1CCN(c2ccccc2)CC1)NC(C)c1ccccc1.I. The summed E-state index contributed by atoms with van der Waals surface area (Å²) in [5.74, 6) is 0.738. The smallest absolute Gasteiger partial charge is 0.244 e. The fourth-order valence-electron chi connectivity index (χ4n) is 3.45. The quantitative estimate of drug-likeness (QED) is 0.348. The third kappa shape index (κ3) is 6.90. The van der Waals surface area contributed by atoms with Gasteiger partial charge in [0, 0.05) is 38.4 Å². The summed E-state index contributed by atoms with van der Waals surface area (Å²) in [5.41, 5.74) is 2.40. The van der Waals surface area contributed by atoms with Crippen LogP contribution < -0.4 is 15.5 Å². The Balaban J connectivity index is 0.00000320. The van der Waals surface area contributed by atoms with Crippen LogP contribution in [-0.2, 0) is 4.79 Å². The lowest BCUT2D eigenvalue weighted by molar-refractivity contribution is -0.129. The van der Waals surface area contributed by atoms with Gasteiger partial charge in [0.05, 0.1) is 6.04 Å². The number of para-hydroxylation sites is 1. The Labute approximate surface area is 196 Å². The number of hydrogen-bond acceptors (Lipinski definition) is 3. The van der Waals surface area contributed by atoms with Crippen molar-refractivity contribution in [3.63, 3.8) is 0 Å². The molecule has 1 aliphatic heterocycles. The molecule has 6 nitrogen and oxygen atoms in total. The van der Waals surface area contributed by atoms with Crippen LogP contribution in [0.5, 0.6) is 0 Å². The van der Waals surface area contributed by atoms with Crippen molar-refractivity contribution in [1.29, 1.82) is 0 Å². The van der Waals surface area contributed by atoms with E-state index in [0.717, 1.165) is 32.7 Å². The second-order valence-electron chi connectivity index (χ2n) is 7.18. The number of hydrogen-bond donors (Lipinski definition) is 2. The van der Waals surface area contributed by atoms with Crippen molar-refractivity contribution in [3.05, 3.63) is 66.2 Å². The summed E-state index contributed by atoms with van der Waals surface area (Å²) in [6, 6.07) is 20.7. The van der Waals surface area contributed by atoms with E-state index < -0.39 is 0 Å². The number of aliphatic imine (C=N–C) groups is 1. The van der Waals surface area contributed by atoms with Gasteiger partial charge < -0.3 is 20.4 Å². The molecule has 7 heteroatoms. The van der Waals surface area contributed by atoms with Gasteiger partial charge in [-0.25, -0.2) is 4.99 Å². The minimum Gasteiger partial charge on any atom is -0.368 e. The maximum Gasteiger partial charge on any atom is 0.244 e. The van der Waals surface area contributed by atoms with Gasteiger partial charge in [-0.15, -0.1) is 24.0 Å². The summed E-state index contributed by atoms with van der Waals surface area (Å²) in [4.78, 5) is 21.4. The summed E-state index contributed by atoms with van der Waals surface area (Å²) >= 11 is 0. The standard InChI is InChI=1S/C23H31N5O.HI/c1-3-24-23(26-19(2)20-10-6-4-7-11-20)25-18-22(29)28-16-14-27(15-17-28)21-12-8-5-9-13-21;/h4-13,19H,3,14-18H2,1-2H3,(H2,24,25,26);1H. The zero-order chi connectivity index (χ0) is 20.5. The number of halogens is 1. The van der Waals surface area contributed by atoms with Gasteiger partial charge in [0.2, 0.25) is 5.91 Å². The molecule has 0 radical (unpaired) electrons. The van der Waals surface area contributed by atoms with E-state index in [1.54, 1.807) is 0 Å². The summed E-state index contributed by atoms with van der Waals surface area (Å²) in [6.45, 7) is 8.17. The lowest BCUT2D eigenvalue weighted by Gasteiger charge is -2.36. The Morgan fingerprint density at radius 3 is 2.20 bits per heavy atom. The number of rotatable bonds is 6. The van der Waals surface area contributed by atoms with Crippen molar-refractivity contribution < 1.29 is 4.79 Å². The first-order valence-electron chi connectivity index (χ1n) is 10.3. The van der Waals surface area contributed by atoms with Gasteiger partial charge in [0.15, 0.2) is 5.96 Å². The van der Waals surface area contributed by atoms with Crippen LogP contribution in [0, 0.1) is 0 Å². The highest BCUT2D eigenvalue weighted by Crippen LogP contribution is 2.15. The van der Waals surface area contributed by atoms with Gasteiger partial charge >= 0.3 is 0 Å². The Hall–Kier alpha value is -2.29. The molecule has 1 unspecified atom stereocenters. The summed E-state index contributed by atoms with van der Waals surface area (Å²) in [5, 5.41) is 6.61. The Morgan fingerprint density at radius 2 is 1.60 bits per heavy atom. The van der Waals surface area contributed by atoms with Crippen molar-refractivity contribution >= 4 is 41.5 Å². The number of carbonyl (C=O) groups is 1. The van der Waals surface area contributed by atoms with E-state index in [9.17, 15) is 4.79 Å². The van der Waals surface area contributed by atoms with Crippen LogP contribution in [0.1, 0.15) is 25.5 Å². The summed E-state index contributed by atoms with van der Waals surface area (Å²) < 4.78 is 0. The average molecular weight is 521 g/mol. The first kappa shape index (κ1) is 24.0. The van der Waals surface area contributed by atoms with Crippen molar-refractivity contribution in [1.82, 2.24) is 15.5 Å². The molecule has 30 heavy (non-hydrogen) atoms. The monoisotopic (exact) mass is 521 g/mol. The largest absolute Gasteiger partial charge is 0.368 e. The van der Waals surface area contributed by atoms with Gasteiger partial charge in [-0.1, -0.05) is 48.5 Å². The molecule has 162 valence electrons. The third-order valence-electron chi connectivity index (χ3n) is 5.12. The molecule has 2 N–H and O–H groups in total. The normalized spacial score (nSPS) is 15.2. The number of benzene rings is 2. The molecule has 0 spiro atoms. The van der Waals surface area contributed by atoms with E-state index in [1.807, 2.05) is 48.2 Å². The molecule has 3 rings (SSSR count). The Kier molecular flexibility index (Phi) is 9.93. The van der Waals surface area contributed by atoms with Gasteiger partial charge in [0.1, 0.15) is 6.54 Å². The van der Waals surface area contributed by atoms with Crippen LogP contribution in [0.15, 0.2) is 65.7 Å². The minimum atomic E-state index is 0. The molecule has 0 aliphatic carbocycles. The van der Waals surface area contributed by atoms with Gasteiger partial charge in [-0.3, -0.25) is 4.79 Å². The minimum absolute atomic E-state index is 0. The van der Waals surface area contributed by atoms with Crippen LogP contribution in [-0.4, -0.2) is 56.0 Å². The number of guanidine groups is 1. The molecular weight excluding hydrogens is 489 g/mol. The summed E-state index contributed by atoms with van der Waals surface area (Å²) in [7, 11) is 0. The molecule has 1 atom stereocenters. The van der Waals surface area contributed by atoms with Crippen LogP contribution in [0.4, 0.5) is 5.69 Å². The van der Waals surface area contributed by atoms with Crippen LogP contribution in [0.2, 0.25) is 0 Å². The zero-order valence-corrected chi connectivity index (χ0v) is 20.1. The average Bonchev–Trinajstić information content (AvgIpc) is 2.78.